The number of benzene rings is 3. The van der Waals surface area contributed by atoms with E-state index in [9.17, 15) is 9.59 Å². The van der Waals surface area contributed by atoms with Crippen LogP contribution >= 0.6 is 0 Å². The van der Waals surface area contributed by atoms with Crippen LogP contribution in [0.2, 0.25) is 0 Å². The van der Waals surface area contributed by atoms with Crippen molar-refractivity contribution in [1.29, 1.82) is 0 Å². The highest BCUT2D eigenvalue weighted by atomic mass is 16.2. The zero-order chi connectivity index (χ0) is 18.1. The predicted molar refractivity (Wildman–Crippen MR) is 104 cm³/mol. The number of nitrogens with zero attached hydrogens (tertiary/aromatic N) is 2. The Morgan fingerprint density at radius 2 is 1.73 bits per heavy atom. The van der Waals surface area contributed by atoms with Gasteiger partial charge in [-0.05, 0) is 42.0 Å². The summed E-state index contributed by atoms with van der Waals surface area (Å²) in [5, 5.41) is 9.66. The molecule has 0 bridgehead atoms. The van der Waals surface area contributed by atoms with Crippen LogP contribution < -0.4 is 10.7 Å². The summed E-state index contributed by atoms with van der Waals surface area (Å²) in [7, 11) is 0. The van der Waals surface area contributed by atoms with Crippen LogP contribution in [0.4, 0.5) is 5.69 Å². The SMILES string of the molecule is CCn1nc(C(=O)Nc2ccc3ccccc3c2)c(=O)c2ccccc21. The lowest BCUT2D eigenvalue weighted by molar-refractivity contribution is 0.101. The number of carbonyl (C=O) groups excluding carboxylic acids is 1. The van der Waals surface area contributed by atoms with E-state index in [0.717, 1.165) is 16.3 Å². The van der Waals surface area contributed by atoms with Crippen molar-refractivity contribution in [3.63, 3.8) is 0 Å². The Morgan fingerprint density at radius 3 is 2.54 bits per heavy atom. The summed E-state index contributed by atoms with van der Waals surface area (Å²) in [6.07, 6.45) is 0. The van der Waals surface area contributed by atoms with Gasteiger partial charge in [0, 0.05) is 17.6 Å². The standard InChI is InChI=1S/C21H17N3O2/c1-2-24-18-10-6-5-9-17(18)20(25)19(23-24)21(26)22-16-12-11-14-7-3-4-8-15(14)13-16/h3-13H,2H2,1H3,(H,22,26). The molecule has 4 aromatic rings. The molecule has 1 N–H and O–H groups in total. The highest BCUT2D eigenvalue weighted by molar-refractivity contribution is 6.05. The molecule has 1 aromatic heterocycles. The minimum atomic E-state index is -0.502. The lowest BCUT2D eigenvalue weighted by atomic mass is 10.1. The van der Waals surface area contributed by atoms with Gasteiger partial charge in [0.2, 0.25) is 5.43 Å². The maximum Gasteiger partial charge on any atom is 0.280 e. The van der Waals surface area contributed by atoms with E-state index in [0.29, 0.717) is 17.6 Å². The van der Waals surface area contributed by atoms with Crippen molar-refractivity contribution in [3.05, 3.63) is 82.6 Å². The summed E-state index contributed by atoms with van der Waals surface area (Å²) in [6, 6.07) is 20.7. The monoisotopic (exact) mass is 343 g/mol. The molecule has 0 radical (unpaired) electrons. The number of para-hydroxylation sites is 1. The highest BCUT2D eigenvalue weighted by Crippen LogP contribution is 2.19. The quantitative estimate of drug-likeness (QED) is 0.615. The third-order valence-electron chi connectivity index (χ3n) is 4.38. The lowest BCUT2D eigenvalue weighted by Crippen LogP contribution is -2.27. The largest absolute Gasteiger partial charge is 0.320 e. The lowest BCUT2D eigenvalue weighted by Gasteiger charge is -2.10. The number of hydrogen-bond acceptors (Lipinski definition) is 3. The molecule has 4 rings (SSSR count). The molecule has 0 atom stereocenters. The van der Waals surface area contributed by atoms with Crippen molar-refractivity contribution in [2.45, 2.75) is 13.5 Å². The topological polar surface area (TPSA) is 64.0 Å². The Kier molecular flexibility index (Phi) is 3.97. The number of anilines is 1. The summed E-state index contributed by atoms with van der Waals surface area (Å²) >= 11 is 0. The van der Waals surface area contributed by atoms with Crippen LogP contribution in [0.25, 0.3) is 21.7 Å². The van der Waals surface area contributed by atoms with Gasteiger partial charge in [0.05, 0.1) is 5.52 Å². The number of hydrogen-bond donors (Lipinski definition) is 1. The van der Waals surface area contributed by atoms with Crippen LogP contribution in [0.15, 0.2) is 71.5 Å². The average Bonchev–Trinajstić information content (AvgIpc) is 2.68. The summed E-state index contributed by atoms with van der Waals surface area (Å²) in [5.41, 5.74) is 0.899. The van der Waals surface area contributed by atoms with Crippen LogP contribution in [0.3, 0.4) is 0 Å². The Labute approximate surface area is 149 Å². The van der Waals surface area contributed by atoms with Crippen molar-refractivity contribution in [2.75, 3.05) is 5.32 Å². The fourth-order valence-corrected chi connectivity index (χ4v) is 3.09. The molecule has 0 unspecified atom stereocenters. The van der Waals surface area contributed by atoms with E-state index in [1.165, 1.54) is 0 Å². The van der Waals surface area contributed by atoms with E-state index in [4.69, 9.17) is 0 Å². The molecule has 1 heterocycles. The maximum atomic E-state index is 12.7. The molecule has 0 fully saturated rings. The van der Waals surface area contributed by atoms with Gasteiger partial charge in [-0.25, -0.2) is 0 Å². The fourth-order valence-electron chi connectivity index (χ4n) is 3.09. The third kappa shape index (κ3) is 2.73. The Balaban J connectivity index is 1.75. The molecule has 0 aliphatic heterocycles. The molecular formula is C21H17N3O2. The molecule has 0 saturated carbocycles. The second-order valence-corrected chi connectivity index (χ2v) is 6.03. The highest BCUT2D eigenvalue weighted by Gasteiger charge is 2.17. The van der Waals surface area contributed by atoms with Crippen molar-refractivity contribution in [1.82, 2.24) is 9.78 Å². The molecule has 5 heteroatoms. The van der Waals surface area contributed by atoms with Gasteiger partial charge < -0.3 is 5.32 Å². The third-order valence-corrected chi connectivity index (χ3v) is 4.38. The van der Waals surface area contributed by atoms with Crippen molar-refractivity contribution in [3.8, 4) is 0 Å². The summed E-state index contributed by atoms with van der Waals surface area (Å²) in [4.78, 5) is 25.4. The van der Waals surface area contributed by atoms with Crippen molar-refractivity contribution < 1.29 is 4.79 Å². The van der Waals surface area contributed by atoms with Gasteiger partial charge in [-0.1, -0.05) is 42.5 Å². The number of rotatable bonds is 3. The molecule has 0 saturated heterocycles. The van der Waals surface area contributed by atoms with E-state index in [1.54, 1.807) is 16.8 Å². The minimum absolute atomic E-state index is 0.0984. The average molecular weight is 343 g/mol. The number of nitrogens with one attached hydrogen (secondary N) is 1. The molecule has 5 nitrogen and oxygen atoms in total. The Hall–Kier alpha value is -3.47. The van der Waals surface area contributed by atoms with E-state index >= 15 is 0 Å². The molecule has 0 aliphatic carbocycles. The first-order valence-electron chi connectivity index (χ1n) is 8.47. The number of carbonyl (C=O) groups is 1. The zero-order valence-corrected chi connectivity index (χ0v) is 14.3. The van der Waals surface area contributed by atoms with E-state index in [1.807, 2.05) is 61.5 Å². The van der Waals surface area contributed by atoms with Gasteiger partial charge in [-0.2, -0.15) is 5.10 Å². The first kappa shape index (κ1) is 16.0. The van der Waals surface area contributed by atoms with E-state index in [2.05, 4.69) is 10.4 Å². The molecule has 0 spiro atoms. The van der Waals surface area contributed by atoms with Gasteiger partial charge in [0.1, 0.15) is 0 Å². The summed E-state index contributed by atoms with van der Waals surface area (Å²) in [6.45, 7) is 2.49. The fraction of sp³-hybridized carbons (Fsp3) is 0.0952. The number of amides is 1. The van der Waals surface area contributed by atoms with Crippen molar-refractivity contribution in [2.24, 2.45) is 0 Å². The van der Waals surface area contributed by atoms with Gasteiger partial charge in [-0.15, -0.1) is 0 Å². The van der Waals surface area contributed by atoms with Crippen LogP contribution in [0, 0.1) is 0 Å². The second kappa shape index (κ2) is 6.44. The first-order valence-corrected chi connectivity index (χ1v) is 8.47. The van der Waals surface area contributed by atoms with Crippen LogP contribution in [0.1, 0.15) is 17.4 Å². The molecule has 128 valence electrons. The maximum absolute atomic E-state index is 12.7. The van der Waals surface area contributed by atoms with Gasteiger partial charge >= 0.3 is 0 Å². The molecule has 3 aromatic carbocycles. The molecular weight excluding hydrogens is 326 g/mol. The number of aromatic nitrogens is 2. The van der Waals surface area contributed by atoms with Gasteiger partial charge in [-0.3, -0.25) is 14.3 Å². The molecule has 0 aliphatic rings. The Bertz CT molecular complexity index is 1190. The second-order valence-electron chi connectivity index (χ2n) is 6.03. The number of aryl methyl sites for hydroxylation is 1. The normalized spacial score (nSPS) is 11.0. The molecule has 1 amide bonds. The predicted octanol–water partition coefficient (Wildman–Crippen LogP) is 3.82. The van der Waals surface area contributed by atoms with E-state index in [-0.39, 0.29) is 11.1 Å². The number of fused-ring (bicyclic) bond motifs is 2. The Morgan fingerprint density at radius 1 is 1.00 bits per heavy atom. The van der Waals surface area contributed by atoms with Crippen LogP contribution in [0.5, 0.6) is 0 Å². The zero-order valence-electron chi connectivity index (χ0n) is 14.3. The van der Waals surface area contributed by atoms with Crippen molar-refractivity contribution >= 4 is 33.3 Å². The summed E-state index contributed by atoms with van der Waals surface area (Å²) in [5.74, 6) is -0.502. The minimum Gasteiger partial charge on any atom is -0.320 e. The smallest absolute Gasteiger partial charge is 0.280 e. The summed E-state index contributed by atoms with van der Waals surface area (Å²) < 4.78 is 1.67. The van der Waals surface area contributed by atoms with Gasteiger partial charge in [0.15, 0.2) is 5.69 Å². The van der Waals surface area contributed by atoms with E-state index < -0.39 is 5.91 Å². The van der Waals surface area contributed by atoms with Crippen LogP contribution in [-0.2, 0) is 6.54 Å². The first-order chi connectivity index (χ1) is 12.7. The molecule has 26 heavy (non-hydrogen) atoms. The van der Waals surface area contributed by atoms with Crippen LogP contribution in [-0.4, -0.2) is 15.7 Å². The van der Waals surface area contributed by atoms with Gasteiger partial charge in [0.25, 0.3) is 5.91 Å².